The summed E-state index contributed by atoms with van der Waals surface area (Å²) in [6, 6.07) is 23.4. The fraction of sp³-hybridized carbons (Fsp3) is 0.0417. The molecule has 0 aliphatic heterocycles. The first kappa shape index (κ1) is 18.4. The number of carbonyl (C=O) groups is 2. The van der Waals surface area contributed by atoms with Crippen LogP contribution in [0.3, 0.4) is 0 Å². The normalized spacial score (nSPS) is 11.1. The second-order valence-electron chi connectivity index (χ2n) is 6.40. The Balaban J connectivity index is 1.76. The maximum absolute atomic E-state index is 13.1. The van der Waals surface area contributed by atoms with Gasteiger partial charge >= 0.3 is 0 Å². The van der Waals surface area contributed by atoms with Gasteiger partial charge < -0.3 is 4.74 Å². The number of fused-ring (bicyclic) bond motifs is 1. The average Bonchev–Trinajstić information content (AvgIpc) is 3.17. The summed E-state index contributed by atoms with van der Waals surface area (Å²) in [5, 5.41) is 0. The number of aromatic nitrogens is 2. The zero-order valence-electron chi connectivity index (χ0n) is 15.8. The molecule has 0 unspecified atom stereocenters. The number of ether oxygens (including phenoxy) is 1. The first-order valence-electron chi connectivity index (χ1n) is 9.11. The molecule has 1 heterocycles. The lowest BCUT2D eigenvalue weighted by Crippen LogP contribution is -2.17. The first-order valence-corrected chi connectivity index (χ1v) is 9.11. The predicted molar refractivity (Wildman–Crippen MR) is 112 cm³/mol. The van der Waals surface area contributed by atoms with Gasteiger partial charge in [-0.25, -0.2) is 4.98 Å². The second kappa shape index (κ2) is 7.94. The van der Waals surface area contributed by atoms with Crippen molar-refractivity contribution < 1.29 is 14.3 Å². The first-order chi connectivity index (χ1) is 14.2. The van der Waals surface area contributed by atoms with Crippen LogP contribution in [0.2, 0.25) is 0 Å². The fourth-order valence-corrected chi connectivity index (χ4v) is 3.10. The molecule has 0 aliphatic carbocycles. The third-order valence-corrected chi connectivity index (χ3v) is 4.53. The van der Waals surface area contributed by atoms with Crippen molar-refractivity contribution in [2.75, 3.05) is 7.11 Å². The fourth-order valence-electron chi connectivity index (χ4n) is 3.10. The Morgan fingerprint density at radius 1 is 0.931 bits per heavy atom. The van der Waals surface area contributed by atoms with Crippen molar-refractivity contribution in [1.82, 2.24) is 9.55 Å². The minimum absolute atomic E-state index is 0.0826. The highest BCUT2D eigenvalue weighted by Gasteiger charge is 2.21. The number of allylic oxidation sites excluding steroid dienone is 1. The number of methoxy groups -OCH3 is 1. The molecular weight excluding hydrogens is 364 g/mol. The van der Waals surface area contributed by atoms with Gasteiger partial charge in [-0.2, -0.15) is 0 Å². The molecule has 0 saturated carbocycles. The van der Waals surface area contributed by atoms with Crippen LogP contribution in [0.4, 0.5) is 0 Å². The van der Waals surface area contributed by atoms with Crippen LogP contribution in [0.1, 0.15) is 26.5 Å². The SMILES string of the molecule is COc1cccc(/C=C/C(=O)c2nc3ccccc3n2C(=O)c2ccccc2)c1. The van der Waals surface area contributed by atoms with Gasteiger partial charge in [0.15, 0.2) is 5.82 Å². The molecule has 0 amide bonds. The molecule has 0 N–H and O–H groups in total. The van der Waals surface area contributed by atoms with Gasteiger partial charge in [-0.3, -0.25) is 14.2 Å². The number of carbonyl (C=O) groups excluding carboxylic acids is 2. The van der Waals surface area contributed by atoms with Crippen LogP contribution in [-0.4, -0.2) is 28.4 Å². The molecular formula is C24H18N2O3. The van der Waals surface area contributed by atoms with Crippen molar-refractivity contribution in [3.8, 4) is 5.75 Å². The number of imidazole rings is 1. The Labute approximate surface area is 167 Å². The summed E-state index contributed by atoms with van der Waals surface area (Å²) >= 11 is 0. The summed E-state index contributed by atoms with van der Waals surface area (Å²) in [4.78, 5) is 30.5. The number of nitrogens with zero attached hydrogens (tertiary/aromatic N) is 2. The molecule has 0 spiro atoms. The molecule has 5 nitrogen and oxygen atoms in total. The van der Waals surface area contributed by atoms with E-state index >= 15 is 0 Å². The summed E-state index contributed by atoms with van der Waals surface area (Å²) in [5.74, 6) is 0.135. The smallest absolute Gasteiger partial charge is 0.264 e. The highest BCUT2D eigenvalue weighted by molar-refractivity contribution is 6.12. The van der Waals surface area contributed by atoms with Gasteiger partial charge in [0.2, 0.25) is 5.78 Å². The van der Waals surface area contributed by atoms with Crippen molar-refractivity contribution >= 4 is 28.8 Å². The van der Waals surface area contributed by atoms with E-state index in [2.05, 4.69) is 4.98 Å². The maximum atomic E-state index is 13.1. The minimum atomic E-state index is -0.353. The molecule has 0 atom stereocenters. The van der Waals surface area contributed by atoms with Crippen molar-refractivity contribution in [1.29, 1.82) is 0 Å². The van der Waals surface area contributed by atoms with Crippen molar-refractivity contribution in [2.24, 2.45) is 0 Å². The Hall–Kier alpha value is -3.99. The van der Waals surface area contributed by atoms with E-state index in [1.807, 2.05) is 42.5 Å². The minimum Gasteiger partial charge on any atom is -0.497 e. The van der Waals surface area contributed by atoms with Gasteiger partial charge in [-0.15, -0.1) is 0 Å². The highest BCUT2D eigenvalue weighted by Crippen LogP contribution is 2.20. The Kier molecular flexibility index (Phi) is 5.03. The van der Waals surface area contributed by atoms with Crippen LogP contribution >= 0.6 is 0 Å². The maximum Gasteiger partial charge on any atom is 0.264 e. The lowest BCUT2D eigenvalue weighted by Gasteiger charge is -2.06. The van der Waals surface area contributed by atoms with Gasteiger partial charge in [0.1, 0.15) is 5.75 Å². The third-order valence-electron chi connectivity index (χ3n) is 4.53. The average molecular weight is 382 g/mol. The summed E-state index contributed by atoms with van der Waals surface area (Å²) in [7, 11) is 1.59. The molecule has 5 heteroatoms. The van der Waals surface area contributed by atoms with Gasteiger partial charge in [-0.05, 0) is 48.0 Å². The van der Waals surface area contributed by atoms with Gasteiger partial charge in [-0.1, -0.05) is 48.5 Å². The molecule has 0 saturated heterocycles. The third kappa shape index (κ3) is 3.71. The topological polar surface area (TPSA) is 61.2 Å². The molecule has 142 valence electrons. The van der Waals surface area contributed by atoms with Crippen LogP contribution in [0.5, 0.6) is 5.75 Å². The molecule has 4 rings (SSSR count). The summed E-state index contributed by atoms with van der Waals surface area (Å²) in [6.07, 6.45) is 3.10. The number of rotatable bonds is 5. The van der Waals surface area contributed by atoms with Crippen molar-refractivity contribution in [3.05, 3.63) is 102 Å². The van der Waals surface area contributed by atoms with E-state index in [9.17, 15) is 9.59 Å². The number of benzene rings is 3. The summed E-state index contributed by atoms with van der Waals surface area (Å²) in [6.45, 7) is 0. The van der Waals surface area contributed by atoms with Crippen LogP contribution in [0.25, 0.3) is 17.1 Å². The van der Waals surface area contributed by atoms with Gasteiger partial charge in [0.05, 0.1) is 18.1 Å². The van der Waals surface area contributed by atoms with E-state index in [4.69, 9.17) is 4.74 Å². The lowest BCUT2D eigenvalue weighted by atomic mass is 10.1. The van der Waals surface area contributed by atoms with Crippen LogP contribution in [0, 0.1) is 0 Å². The Bertz CT molecular complexity index is 1220. The lowest BCUT2D eigenvalue weighted by molar-refractivity contribution is 0.0937. The zero-order chi connectivity index (χ0) is 20.2. The molecule has 29 heavy (non-hydrogen) atoms. The van der Waals surface area contributed by atoms with Gasteiger partial charge in [0, 0.05) is 5.56 Å². The number of ketones is 1. The number of hydrogen-bond acceptors (Lipinski definition) is 4. The van der Waals surface area contributed by atoms with E-state index in [-0.39, 0.29) is 17.5 Å². The van der Waals surface area contributed by atoms with E-state index in [0.717, 1.165) is 5.56 Å². The second-order valence-corrected chi connectivity index (χ2v) is 6.40. The molecule has 0 bridgehead atoms. The molecule has 0 aliphatic rings. The van der Waals surface area contributed by atoms with Crippen LogP contribution in [0.15, 0.2) is 84.9 Å². The van der Waals surface area contributed by atoms with Crippen LogP contribution < -0.4 is 4.74 Å². The monoisotopic (exact) mass is 382 g/mol. The van der Waals surface area contributed by atoms with E-state index < -0.39 is 0 Å². The molecule has 3 aromatic carbocycles. The largest absolute Gasteiger partial charge is 0.497 e. The molecule has 0 radical (unpaired) electrons. The van der Waals surface area contributed by atoms with Gasteiger partial charge in [0.25, 0.3) is 5.91 Å². The standard InChI is InChI=1S/C24H18N2O3/c1-29-19-11-7-8-17(16-19)14-15-22(27)23-25-20-12-5-6-13-21(20)26(23)24(28)18-9-3-2-4-10-18/h2-16H,1H3/b15-14+. The quantitative estimate of drug-likeness (QED) is 0.373. The summed E-state index contributed by atoms with van der Waals surface area (Å²) < 4.78 is 6.58. The summed E-state index contributed by atoms with van der Waals surface area (Å²) in [5.41, 5.74) is 2.49. The van der Waals surface area contributed by atoms with E-state index in [1.54, 1.807) is 49.6 Å². The number of para-hydroxylation sites is 2. The Morgan fingerprint density at radius 2 is 1.69 bits per heavy atom. The van der Waals surface area contributed by atoms with Crippen molar-refractivity contribution in [2.45, 2.75) is 0 Å². The molecule has 0 fully saturated rings. The molecule has 1 aromatic heterocycles. The zero-order valence-corrected chi connectivity index (χ0v) is 15.8. The number of hydrogen-bond donors (Lipinski definition) is 0. The molecule has 4 aromatic rings. The predicted octanol–water partition coefficient (Wildman–Crippen LogP) is 4.63. The van der Waals surface area contributed by atoms with E-state index in [1.165, 1.54) is 10.6 Å². The van der Waals surface area contributed by atoms with Crippen molar-refractivity contribution in [3.63, 3.8) is 0 Å². The van der Waals surface area contributed by atoms with E-state index in [0.29, 0.717) is 22.3 Å². The van der Waals surface area contributed by atoms with Crippen LogP contribution in [-0.2, 0) is 0 Å². The Morgan fingerprint density at radius 3 is 2.48 bits per heavy atom. The highest BCUT2D eigenvalue weighted by atomic mass is 16.5.